The highest BCUT2D eigenvalue weighted by Gasteiger charge is 2.59. The third-order valence-electron chi connectivity index (χ3n) is 8.19. The highest BCUT2D eigenvalue weighted by molar-refractivity contribution is 6.13. The third kappa shape index (κ3) is 6.43. The van der Waals surface area contributed by atoms with Crippen molar-refractivity contribution in [3.05, 3.63) is 24.3 Å². The molecule has 0 aromatic heterocycles. The summed E-state index contributed by atoms with van der Waals surface area (Å²) in [6.07, 6.45) is 6.66. The zero-order valence-corrected chi connectivity index (χ0v) is 24.0. The predicted octanol–water partition coefficient (Wildman–Crippen LogP) is 3.00. The van der Waals surface area contributed by atoms with E-state index in [4.69, 9.17) is 9.47 Å². The molecule has 0 radical (unpaired) electrons. The van der Waals surface area contributed by atoms with Crippen molar-refractivity contribution in [1.82, 2.24) is 10.6 Å². The van der Waals surface area contributed by atoms with Crippen LogP contribution in [0.2, 0.25) is 0 Å². The van der Waals surface area contributed by atoms with Gasteiger partial charge >= 0.3 is 5.97 Å². The van der Waals surface area contributed by atoms with Crippen LogP contribution >= 0.6 is 0 Å². The van der Waals surface area contributed by atoms with Crippen molar-refractivity contribution in [2.45, 2.75) is 114 Å². The number of ether oxygens (including phenoxy) is 2. The fourth-order valence-electron chi connectivity index (χ4n) is 6.07. The van der Waals surface area contributed by atoms with E-state index in [1.165, 1.54) is 12.0 Å². The first kappa shape index (κ1) is 29.8. The van der Waals surface area contributed by atoms with Gasteiger partial charge in [-0.25, -0.2) is 4.79 Å². The predicted molar refractivity (Wildman–Crippen MR) is 149 cm³/mol. The summed E-state index contributed by atoms with van der Waals surface area (Å²) in [4.78, 5) is 54.9. The van der Waals surface area contributed by atoms with Gasteiger partial charge in [0, 0.05) is 11.7 Å². The number of nitrogens with zero attached hydrogens (tertiary/aromatic N) is 1. The molecule has 40 heavy (non-hydrogen) atoms. The zero-order valence-electron chi connectivity index (χ0n) is 24.0. The van der Waals surface area contributed by atoms with Crippen LogP contribution < -0.4 is 20.3 Å². The molecule has 0 bridgehead atoms. The van der Waals surface area contributed by atoms with Crippen molar-refractivity contribution in [3.8, 4) is 5.75 Å². The molecule has 3 aliphatic rings. The second-order valence-electron chi connectivity index (χ2n) is 12.3. The van der Waals surface area contributed by atoms with Gasteiger partial charge in [-0.15, -0.1) is 0 Å². The number of esters is 1. The summed E-state index contributed by atoms with van der Waals surface area (Å²) in [5, 5.41) is 17.2. The number of carbonyl (C=O) groups excluding carboxylic acids is 4. The summed E-state index contributed by atoms with van der Waals surface area (Å²) < 4.78 is 10.8. The number of benzene rings is 1. The lowest BCUT2D eigenvalue weighted by atomic mass is 9.78. The largest absolute Gasteiger partial charge is 0.497 e. The smallest absolute Gasteiger partial charge is 0.330 e. The Labute approximate surface area is 236 Å². The lowest BCUT2D eigenvalue weighted by molar-refractivity contribution is -0.168. The molecule has 10 heteroatoms. The van der Waals surface area contributed by atoms with Crippen molar-refractivity contribution < 1.29 is 33.8 Å². The lowest BCUT2D eigenvalue weighted by Crippen LogP contribution is -2.72. The Bertz CT molecular complexity index is 1090. The maximum Gasteiger partial charge on any atom is 0.330 e. The maximum atomic E-state index is 13.5. The van der Waals surface area contributed by atoms with Gasteiger partial charge in [-0.3, -0.25) is 19.3 Å². The molecule has 3 N–H and O–H groups in total. The van der Waals surface area contributed by atoms with E-state index in [9.17, 15) is 24.3 Å². The van der Waals surface area contributed by atoms with E-state index in [0.29, 0.717) is 24.3 Å². The molecule has 1 aliphatic heterocycles. The summed E-state index contributed by atoms with van der Waals surface area (Å²) >= 11 is 0. The van der Waals surface area contributed by atoms with Gasteiger partial charge < -0.3 is 25.2 Å². The van der Waals surface area contributed by atoms with Gasteiger partial charge in [0.25, 0.3) is 5.91 Å². The molecular formula is C30H43N3O7. The fourth-order valence-corrected chi connectivity index (χ4v) is 6.07. The summed E-state index contributed by atoms with van der Waals surface area (Å²) in [6.45, 7) is 5.12. The minimum absolute atomic E-state index is 0.0738. The number of β-lactam (4-membered cyclic amide) rings is 1. The molecule has 3 atom stereocenters. The molecule has 3 fully saturated rings. The quantitative estimate of drug-likeness (QED) is 0.330. The van der Waals surface area contributed by atoms with E-state index in [2.05, 4.69) is 10.6 Å². The first-order chi connectivity index (χ1) is 19.0. The Hall–Kier alpha value is -3.14. The summed E-state index contributed by atoms with van der Waals surface area (Å²) in [7, 11) is 1.52. The van der Waals surface area contributed by atoms with E-state index in [-0.39, 0.29) is 11.9 Å². The molecule has 2 aliphatic carbocycles. The SMILES string of the molecule is COc1ccc(N2C(=O)[C@H]([C@H](O)C(=O)NC3(C(=O)NC4CCCCC4)CCCCC3)[C@H]2C(=O)OC(C)(C)C)cc1. The van der Waals surface area contributed by atoms with Crippen LogP contribution in [-0.4, -0.2) is 65.2 Å². The van der Waals surface area contributed by atoms with Gasteiger partial charge in [-0.2, -0.15) is 0 Å². The van der Waals surface area contributed by atoms with Crippen molar-refractivity contribution >= 4 is 29.4 Å². The van der Waals surface area contributed by atoms with Crippen LogP contribution in [0.3, 0.4) is 0 Å². The standard InChI is InChI=1S/C30H43N3O7/c1-29(2,3)40-27(37)23-22(26(36)33(23)20-13-15-21(39-4)16-14-20)24(34)25(35)32-30(17-9-6-10-18-30)28(38)31-19-11-7-5-8-12-19/h13-16,19,22-24,34H,5-12,17-18H2,1-4H3,(H,31,38)(H,32,35)/t22-,23-,24-/m0/s1. The molecule has 0 unspecified atom stereocenters. The number of aliphatic hydroxyl groups excluding tert-OH is 1. The van der Waals surface area contributed by atoms with Crippen LogP contribution in [0.15, 0.2) is 24.3 Å². The second-order valence-corrected chi connectivity index (χ2v) is 12.3. The van der Waals surface area contributed by atoms with Gasteiger partial charge in [0.2, 0.25) is 11.8 Å². The van der Waals surface area contributed by atoms with Crippen LogP contribution in [0, 0.1) is 5.92 Å². The first-order valence-corrected chi connectivity index (χ1v) is 14.5. The molecular weight excluding hydrogens is 514 g/mol. The Morgan fingerprint density at radius 2 is 1.60 bits per heavy atom. The molecule has 10 nitrogen and oxygen atoms in total. The Morgan fingerprint density at radius 1 is 1.00 bits per heavy atom. The molecule has 1 saturated heterocycles. The van der Waals surface area contributed by atoms with E-state index < -0.39 is 47.0 Å². The topological polar surface area (TPSA) is 134 Å². The molecule has 220 valence electrons. The van der Waals surface area contributed by atoms with Crippen molar-refractivity contribution in [3.63, 3.8) is 0 Å². The monoisotopic (exact) mass is 557 g/mol. The minimum Gasteiger partial charge on any atom is -0.497 e. The fraction of sp³-hybridized carbons (Fsp3) is 0.667. The van der Waals surface area contributed by atoms with Gasteiger partial charge in [-0.1, -0.05) is 38.5 Å². The molecule has 1 aromatic rings. The van der Waals surface area contributed by atoms with Gasteiger partial charge in [0.15, 0.2) is 0 Å². The summed E-state index contributed by atoms with van der Waals surface area (Å²) in [5.74, 6) is -3.13. The highest BCUT2D eigenvalue weighted by Crippen LogP contribution is 2.38. The van der Waals surface area contributed by atoms with Gasteiger partial charge in [0.05, 0.1) is 7.11 Å². The van der Waals surface area contributed by atoms with Gasteiger partial charge in [-0.05, 0) is 70.7 Å². The van der Waals surface area contributed by atoms with Crippen LogP contribution in [0.5, 0.6) is 5.75 Å². The molecule has 4 rings (SSSR count). The number of amides is 3. The molecule has 2 saturated carbocycles. The summed E-state index contributed by atoms with van der Waals surface area (Å²) in [6, 6.07) is 5.43. The average molecular weight is 558 g/mol. The molecule has 3 amide bonds. The van der Waals surface area contributed by atoms with Crippen molar-refractivity contribution in [2.24, 2.45) is 5.92 Å². The maximum absolute atomic E-state index is 13.5. The van der Waals surface area contributed by atoms with Crippen molar-refractivity contribution in [1.29, 1.82) is 0 Å². The zero-order chi connectivity index (χ0) is 29.1. The minimum atomic E-state index is -1.83. The Kier molecular flexibility index (Phi) is 9.07. The first-order valence-electron chi connectivity index (χ1n) is 14.5. The van der Waals surface area contributed by atoms with E-state index in [0.717, 1.165) is 51.4 Å². The Balaban J connectivity index is 1.54. The molecule has 1 aromatic carbocycles. The second kappa shape index (κ2) is 12.2. The van der Waals surface area contributed by atoms with E-state index in [1.807, 2.05) is 0 Å². The number of nitrogens with one attached hydrogen (secondary N) is 2. The molecule has 1 heterocycles. The number of rotatable bonds is 8. The number of methoxy groups -OCH3 is 1. The normalized spacial score (nSPS) is 23.9. The average Bonchev–Trinajstić information content (AvgIpc) is 2.92. The van der Waals surface area contributed by atoms with Crippen LogP contribution in [0.1, 0.15) is 85.0 Å². The van der Waals surface area contributed by atoms with Gasteiger partial charge in [0.1, 0.15) is 35.0 Å². The van der Waals surface area contributed by atoms with Crippen LogP contribution in [0.4, 0.5) is 5.69 Å². The lowest BCUT2D eigenvalue weighted by Gasteiger charge is -2.47. The number of carbonyl (C=O) groups is 4. The number of hydrogen-bond acceptors (Lipinski definition) is 7. The number of aliphatic hydroxyl groups is 1. The van der Waals surface area contributed by atoms with E-state index >= 15 is 0 Å². The molecule has 0 spiro atoms. The van der Waals surface area contributed by atoms with Crippen LogP contribution in [0.25, 0.3) is 0 Å². The van der Waals surface area contributed by atoms with E-state index in [1.54, 1.807) is 45.0 Å². The number of anilines is 1. The number of hydrogen-bond donors (Lipinski definition) is 3. The third-order valence-corrected chi connectivity index (χ3v) is 8.19. The highest BCUT2D eigenvalue weighted by atomic mass is 16.6. The van der Waals surface area contributed by atoms with Crippen LogP contribution in [-0.2, 0) is 23.9 Å². The Morgan fingerprint density at radius 3 is 2.17 bits per heavy atom. The van der Waals surface area contributed by atoms with Crippen molar-refractivity contribution in [2.75, 3.05) is 12.0 Å². The summed E-state index contributed by atoms with van der Waals surface area (Å²) in [5.41, 5.74) is -1.58.